The van der Waals surface area contributed by atoms with Gasteiger partial charge in [0.05, 0.1) is 37.2 Å². The van der Waals surface area contributed by atoms with E-state index in [2.05, 4.69) is 15.2 Å². The number of ether oxygens (including phenoxy) is 6. The molecular weight excluding hydrogens is 829 g/mol. The maximum atomic E-state index is 15.6. The van der Waals surface area contributed by atoms with Crippen LogP contribution in [0.4, 0.5) is 0 Å². The lowest BCUT2D eigenvalue weighted by Crippen LogP contribution is -2.66. The molecule has 6 atom stereocenters. The number of H-pyrrole nitrogens is 1. The highest BCUT2D eigenvalue weighted by atomic mass is 32.2. The first-order chi connectivity index (χ1) is 30.1. The molecule has 4 aromatic rings. The Bertz CT molecular complexity index is 2560. The van der Waals surface area contributed by atoms with Crippen LogP contribution in [0.1, 0.15) is 96.5 Å². The van der Waals surface area contributed by atoms with Gasteiger partial charge in [0.2, 0.25) is 12.7 Å². The number of fused-ring (bicyclic) bond motifs is 11. The Labute approximate surface area is 370 Å². The van der Waals surface area contributed by atoms with E-state index in [9.17, 15) is 15.0 Å². The van der Waals surface area contributed by atoms with E-state index < -0.39 is 46.5 Å². The number of methoxy groups -OCH3 is 2. The van der Waals surface area contributed by atoms with E-state index in [1.807, 2.05) is 59.0 Å². The third-order valence-corrected chi connectivity index (χ3v) is 15.4. The number of aromatic amines is 1. The molecule has 336 valence electrons. The molecule has 1 spiro atoms. The van der Waals surface area contributed by atoms with E-state index in [0.29, 0.717) is 70.2 Å². The Morgan fingerprint density at radius 2 is 1.81 bits per heavy atom. The molecule has 5 aliphatic rings. The zero-order valence-electron chi connectivity index (χ0n) is 37.2. The minimum atomic E-state index is -1.70. The van der Waals surface area contributed by atoms with Crippen molar-refractivity contribution in [2.45, 2.75) is 109 Å². The molecule has 63 heavy (non-hydrogen) atoms. The highest BCUT2D eigenvalue weighted by Gasteiger charge is 2.59. The number of aliphatic hydroxyl groups excluding tert-OH is 1. The number of nitrogens with one attached hydrogen (secondary N) is 2. The number of piperazine rings is 1. The summed E-state index contributed by atoms with van der Waals surface area (Å²) >= 11 is 1.39. The summed E-state index contributed by atoms with van der Waals surface area (Å²) in [6.07, 6.45) is 1.23. The molecule has 3 unspecified atom stereocenters. The van der Waals surface area contributed by atoms with Gasteiger partial charge in [-0.05, 0) is 75.0 Å². The zero-order valence-corrected chi connectivity index (χ0v) is 38.0. The number of amides is 1. The van der Waals surface area contributed by atoms with Crippen LogP contribution in [0.15, 0.2) is 24.3 Å². The van der Waals surface area contributed by atoms with Gasteiger partial charge in [-0.15, -0.1) is 11.8 Å². The number of carbonyl (C=O) groups is 3. The molecule has 6 heterocycles. The van der Waals surface area contributed by atoms with E-state index in [-0.39, 0.29) is 49.1 Å². The van der Waals surface area contributed by atoms with Crippen LogP contribution in [-0.4, -0.2) is 102 Å². The topological polar surface area (TPSA) is 181 Å². The summed E-state index contributed by atoms with van der Waals surface area (Å²) in [5, 5.41) is 27.8. The van der Waals surface area contributed by atoms with Crippen molar-refractivity contribution in [2.24, 2.45) is 5.41 Å². The molecule has 16 heteroatoms. The Morgan fingerprint density at radius 1 is 1.05 bits per heavy atom. The summed E-state index contributed by atoms with van der Waals surface area (Å²) in [6.45, 7) is 10.6. The van der Waals surface area contributed by atoms with E-state index >= 15 is 9.59 Å². The summed E-state index contributed by atoms with van der Waals surface area (Å²) in [7, 11) is 5.06. The molecule has 0 aliphatic carbocycles. The number of aliphatic hydroxyl groups is 1. The van der Waals surface area contributed by atoms with E-state index in [1.54, 1.807) is 18.9 Å². The Balaban J connectivity index is 1.32. The molecule has 1 saturated heterocycles. The molecule has 4 N–H and O–H groups in total. The highest BCUT2D eigenvalue weighted by molar-refractivity contribution is 7.99. The van der Waals surface area contributed by atoms with Gasteiger partial charge in [0.15, 0.2) is 28.5 Å². The second-order valence-electron chi connectivity index (χ2n) is 18.1. The quantitative estimate of drug-likeness (QED) is 0.126. The van der Waals surface area contributed by atoms with Crippen molar-refractivity contribution < 1.29 is 53.0 Å². The van der Waals surface area contributed by atoms with Crippen molar-refractivity contribution in [3.05, 3.63) is 68.9 Å². The van der Waals surface area contributed by atoms with Crippen LogP contribution in [0.2, 0.25) is 0 Å². The average Bonchev–Trinajstić information content (AvgIpc) is 3.89. The first-order valence-corrected chi connectivity index (χ1v) is 22.6. The van der Waals surface area contributed by atoms with Crippen LogP contribution < -0.4 is 29.0 Å². The van der Waals surface area contributed by atoms with Crippen molar-refractivity contribution in [2.75, 3.05) is 40.4 Å². The number of aromatic nitrogens is 1. The molecule has 1 aromatic heterocycles. The monoisotopic (exact) mass is 884 g/mol. The number of carbonyl (C=O) groups excluding carboxylic acids is 3. The van der Waals surface area contributed by atoms with E-state index in [1.165, 1.54) is 25.8 Å². The van der Waals surface area contributed by atoms with Crippen LogP contribution in [-0.2, 0) is 44.1 Å². The second-order valence-corrected chi connectivity index (χ2v) is 19.2. The maximum absolute atomic E-state index is 15.6. The van der Waals surface area contributed by atoms with Gasteiger partial charge in [0.25, 0.3) is 0 Å². The normalized spacial score (nSPS) is 25.3. The molecule has 1 amide bonds. The van der Waals surface area contributed by atoms with Crippen molar-refractivity contribution in [1.82, 2.24) is 20.1 Å². The van der Waals surface area contributed by atoms with Gasteiger partial charge in [0, 0.05) is 63.8 Å². The van der Waals surface area contributed by atoms with Gasteiger partial charge < -0.3 is 48.5 Å². The number of hydrogen-bond acceptors (Lipinski definition) is 14. The SMILES string of the molecule is CCCC(C)(C)C(=O)N1CCc2c([nH]c3ccc(OC)cc23)[C@@]12CS[C@@H](C1NC(O)C3Cc4cc(C)c(OC)c(O)c4[C@H]1N3C)c1c(c3c(c(C)c1OC(C)=O)OCO3)COC2=O. The highest BCUT2D eigenvalue weighted by Crippen LogP contribution is 2.59. The maximum Gasteiger partial charge on any atom is 0.339 e. The second kappa shape index (κ2) is 15.8. The molecule has 3 aromatic carbocycles. The molecule has 5 aliphatic heterocycles. The molecule has 0 radical (unpaired) electrons. The van der Waals surface area contributed by atoms with Crippen molar-refractivity contribution in [3.8, 4) is 34.5 Å². The largest absolute Gasteiger partial charge is 0.504 e. The van der Waals surface area contributed by atoms with Gasteiger partial charge >= 0.3 is 11.9 Å². The number of aryl methyl sites for hydroxylation is 1. The van der Waals surface area contributed by atoms with Crippen LogP contribution in [0.25, 0.3) is 10.9 Å². The van der Waals surface area contributed by atoms with Gasteiger partial charge in [-0.2, -0.15) is 0 Å². The summed E-state index contributed by atoms with van der Waals surface area (Å²) in [4.78, 5) is 51.3. The number of nitrogens with zero attached hydrogens (tertiary/aromatic N) is 2. The first kappa shape index (κ1) is 43.1. The summed E-state index contributed by atoms with van der Waals surface area (Å²) in [6, 6.07) is 6.02. The first-order valence-electron chi connectivity index (χ1n) is 21.6. The van der Waals surface area contributed by atoms with Crippen LogP contribution in [0.5, 0.6) is 34.5 Å². The lowest BCUT2D eigenvalue weighted by Gasteiger charge is -2.54. The fraction of sp³-hybridized carbons (Fsp3) is 0.511. The fourth-order valence-electron chi connectivity index (χ4n) is 11.0. The lowest BCUT2D eigenvalue weighted by atomic mass is 9.77. The zero-order chi connectivity index (χ0) is 44.9. The number of phenols is 1. The number of esters is 2. The van der Waals surface area contributed by atoms with Crippen LogP contribution in [0, 0.1) is 19.3 Å². The minimum Gasteiger partial charge on any atom is -0.504 e. The number of aromatic hydroxyl groups is 1. The Morgan fingerprint density at radius 3 is 2.52 bits per heavy atom. The fourth-order valence-corrected chi connectivity index (χ4v) is 12.7. The smallest absolute Gasteiger partial charge is 0.339 e. The summed E-state index contributed by atoms with van der Waals surface area (Å²) < 4.78 is 36.3. The Kier molecular flexibility index (Phi) is 10.8. The number of thioether (sulfide) groups is 1. The predicted octanol–water partition coefficient (Wildman–Crippen LogP) is 5.99. The molecule has 15 nitrogen and oxygen atoms in total. The minimum absolute atomic E-state index is 0.00306. The predicted molar refractivity (Wildman–Crippen MR) is 235 cm³/mol. The molecule has 1 fully saturated rings. The summed E-state index contributed by atoms with van der Waals surface area (Å²) in [5.41, 5.74) is 3.39. The Hall–Kier alpha value is -5.16. The number of cyclic esters (lactones) is 1. The van der Waals surface area contributed by atoms with E-state index in [4.69, 9.17) is 28.4 Å². The number of benzene rings is 3. The van der Waals surface area contributed by atoms with E-state index in [0.717, 1.165) is 34.0 Å². The standard InChI is InChI=1S/C47H56N4O11S/c1-10-14-46(5,6)44(55)51-15-13-27-28-18-26(57-8)11-12-30(28)48-42(27)47(51)20-63-41(33-29(19-59-45(47)56)40-39(60-21-61-40)23(3)38(33)62-24(4)52)34-35-32-25(16-22(2)37(58-9)36(32)53)17-31(50(35)7)43(54)49-34/h11-12,16,18,31,34-35,41,43,48-49,53-54H,10,13-15,17,19-21H2,1-9H3/t31?,34?,35-,41-,43?,47-/m1/s1. The van der Waals surface area contributed by atoms with Crippen LogP contribution >= 0.6 is 11.8 Å². The third kappa shape index (κ3) is 6.53. The molecular formula is C47H56N4O11S. The molecule has 0 saturated carbocycles. The van der Waals surface area contributed by atoms with Crippen molar-refractivity contribution in [1.29, 1.82) is 0 Å². The molecule has 9 rings (SSSR count). The average molecular weight is 885 g/mol. The lowest BCUT2D eigenvalue weighted by molar-refractivity contribution is -0.169. The number of hydrogen-bond donors (Lipinski definition) is 4. The van der Waals surface area contributed by atoms with Gasteiger partial charge in [-0.25, -0.2) is 4.79 Å². The van der Waals surface area contributed by atoms with Crippen molar-refractivity contribution >= 4 is 40.5 Å². The third-order valence-electron chi connectivity index (χ3n) is 13.9. The number of phenolic OH excluding ortho intramolecular Hbond substituents is 1. The van der Waals surface area contributed by atoms with Gasteiger partial charge in [0.1, 0.15) is 24.3 Å². The molecule has 2 bridgehead atoms. The summed E-state index contributed by atoms with van der Waals surface area (Å²) in [5.74, 6) is 0.496. The van der Waals surface area contributed by atoms with Crippen molar-refractivity contribution in [3.63, 3.8) is 0 Å². The van der Waals surface area contributed by atoms with Crippen LogP contribution in [0.3, 0.4) is 0 Å². The van der Waals surface area contributed by atoms with Gasteiger partial charge in [-0.3, -0.25) is 19.8 Å². The number of rotatable bonds is 7. The van der Waals surface area contributed by atoms with Gasteiger partial charge in [-0.1, -0.05) is 33.3 Å². The number of likely N-dealkylation sites (N-methyl/N-ethyl adjacent to an activating group) is 1.